The Balaban J connectivity index is 0.00000192. The Hall–Kier alpha value is -2.00. The average molecular weight is 332 g/mol. The molecule has 0 unspecified atom stereocenters. The molecule has 0 atom stereocenters. The van der Waals surface area contributed by atoms with Crippen molar-refractivity contribution in [3.8, 4) is 0 Å². The van der Waals surface area contributed by atoms with Crippen LogP contribution in [0.3, 0.4) is 0 Å². The molecule has 0 aromatic heterocycles. The van der Waals surface area contributed by atoms with Gasteiger partial charge in [-0.15, -0.1) is 12.4 Å². The minimum Gasteiger partial charge on any atom is -0.462 e. The SMILES string of the molecule is Cc1ccc(C(=O)OCCCN2CCc3ccccc32)cc1.Cl. The van der Waals surface area contributed by atoms with E-state index in [1.165, 1.54) is 11.3 Å². The van der Waals surface area contributed by atoms with Gasteiger partial charge < -0.3 is 9.64 Å². The van der Waals surface area contributed by atoms with Crippen LogP contribution in [0.2, 0.25) is 0 Å². The van der Waals surface area contributed by atoms with E-state index >= 15 is 0 Å². The van der Waals surface area contributed by atoms with Crippen molar-refractivity contribution in [1.82, 2.24) is 0 Å². The zero-order chi connectivity index (χ0) is 15.4. The van der Waals surface area contributed by atoms with Gasteiger partial charge in [-0.25, -0.2) is 4.79 Å². The highest BCUT2D eigenvalue weighted by Crippen LogP contribution is 2.27. The normalized spacial score (nSPS) is 12.5. The van der Waals surface area contributed by atoms with Crippen LogP contribution in [0.1, 0.15) is 27.9 Å². The Morgan fingerprint density at radius 3 is 2.65 bits per heavy atom. The highest BCUT2D eigenvalue weighted by atomic mass is 35.5. The number of esters is 1. The van der Waals surface area contributed by atoms with Gasteiger partial charge in [-0.2, -0.15) is 0 Å². The summed E-state index contributed by atoms with van der Waals surface area (Å²) in [6.45, 7) is 4.46. The van der Waals surface area contributed by atoms with Crippen molar-refractivity contribution >= 4 is 24.1 Å². The number of anilines is 1. The van der Waals surface area contributed by atoms with Gasteiger partial charge in [0.1, 0.15) is 0 Å². The third kappa shape index (κ3) is 4.26. The van der Waals surface area contributed by atoms with Crippen LogP contribution in [0.4, 0.5) is 5.69 Å². The number of ether oxygens (including phenoxy) is 1. The van der Waals surface area contributed by atoms with Gasteiger partial charge in [-0.05, 0) is 43.5 Å². The number of carbonyl (C=O) groups is 1. The molecule has 1 heterocycles. The van der Waals surface area contributed by atoms with Gasteiger partial charge in [-0.1, -0.05) is 35.9 Å². The fourth-order valence-electron chi connectivity index (χ4n) is 2.83. The van der Waals surface area contributed by atoms with Gasteiger partial charge in [0.05, 0.1) is 12.2 Å². The Morgan fingerprint density at radius 2 is 1.87 bits per heavy atom. The van der Waals surface area contributed by atoms with Crippen molar-refractivity contribution in [2.75, 3.05) is 24.6 Å². The maximum atomic E-state index is 11.9. The molecule has 3 rings (SSSR count). The van der Waals surface area contributed by atoms with E-state index in [0.29, 0.717) is 12.2 Å². The smallest absolute Gasteiger partial charge is 0.338 e. The zero-order valence-electron chi connectivity index (χ0n) is 13.3. The number of carbonyl (C=O) groups excluding carboxylic acids is 1. The number of para-hydroxylation sites is 1. The third-order valence-electron chi connectivity index (χ3n) is 4.08. The maximum Gasteiger partial charge on any atom is 0.338 e. The minimum atomic E-state index is -0.234. The molecule has 0 bridgehead atoms. The summed E-state index contributed by atoms with van der Waals surface area (Å²) in [7, 11) is 0. The molecule has 2 aromatic carbocycles. The van der Waals surface area contributed by atoms with Crippen molar-refractivity contribution in [3.63, 3.8) is 0 Å². The fraction of sp³-hybridized carbons (Fsp3) is 0.316. The second kappa shape index (κ2) is 8.02. The summed E-state index contributed by atoms with van der Waals surface area (Å²) < 4.78 is 5.35. The summed E-state index contributed by atoms with van der Waals surface area (Å²) in [5.41, 5.74) is 4.51. The molecule has 122 valence electrons. The van der Waals surface area contributed by atoms with Crippen LogP contribution in [0, 0.1) is 6.92 Å². The van der Waals surface area contributed by atoms with E-state index in [4.69, 9.17) is 4.74 Å². The van der Waals surface area contributed by atoms with Crippen LogP contribution in [0.15, 0.2) is 48.5 Å². The Bertz CT molecular complexity index is 655. The molecule has 2 aromatic rings. The minimum absolute atomic E-state index is 0. The number of rotatable bonds is 5. The van der Waals surface area contributed by atoms with Gasteiger partial charge in [0.15, 0.2) is 0 Å². The highest BCUT2D eigenvalue weighted by Gasteiger charge is 2.17. The Kier molecular flexibility index (Phi) is 6.05. The van der Waals surface area contributed by atoms with Crippen molar-refractivity contribution < 1.29 is 9.53 Å². The predicted molar refractivity (Wildman–Crippen MR) is 95.7 cm³/mol. The molecule has 0 aliphatic carbocycles. The maximum absolute atomic E-state index is 11.9. The fourth-order valence-corrected chi connectivity index (χ4v) is 2.83. The summed E-state index contributed by atoms with van der Waals surface area (Å²) >= 11 is 0. The zero-order valence-corrected chi connectivity index (χ0v) is 14.1. The number of benzene rings is 2. The second-order valence-electron chi connectivity index (χ2n) is 5.72. The molecule has 0 spiro atoms. The molecule has 3 nitrogen and oxygen atoms in total. The van der Waals surface area contributed by atoms with E-state index < -0.39 is 0 Å². The highest BCUT2D eigenvalue weighted by molar-refractivity contribution is 5.89. The molecule has 4 heteroatoms. The first-order valence-electron chi connectivity index (χ1n) is 7.81. The topological polar surface area (TPSA) is 29.5 Å². The first-order chi connectivity index (χ1) is 10.7. The number of nitrogens with zero attached hydrogens (tertiary/aromatic N) is 1. The molecule has 0 fully saturated rings. The monoisotopic (exact) mass is 331 g/mol. The van der Waals surface area contributed by atoms with Crippen molar-refractivity contribution in [2.45, 2.75) is 19.8 Å². The van der Waals surface area contributed by atoms with Crippen LogP contribution in [0.25, 0.3) is 0 Å². The number of halogens is 1. The molecular weight excluding hydrogens is 310 g/mol. The Labute approximate surface area is 143 Å². The molecule has 0 saturated carbocycles. The quantitative estimate of drug-likeness (QED) is 0.612. The molecule has 0 amide bonds. The van der Waals surface area contributed by atoms with Gasteiger partial charge in [-0.3, -0.25) is 0 Å². The lowest BCUT2D eigenvalue weighted by molar-refractivity contribution is 0.0502. The van der Waals surface area contributed by atoms with Gasteiger partial charge in [0, 0.05) is 18.8 Å². The lowest BCUT2D eigenvalue weighted by Crippen LogP contribution is -2.23. The summed E-state index contributed by atoms with van der Waals surface area (Å²) in [5.74, 6) is -0.234. The standard InChI is InChI=1S/C19H21NO2.ClH/c1-15-7-9-17(10-8-15)19(21)22-14-4-12-20-13-11-16-5-2-3-6-18(16)20;/h2-3,5-10H,4,11-14H2,1H3;1H. The van der Waals surface area contributed by atoms with Crippen LogP contribution >= 0.6 is 12.4 Å². The van der Waals surface area contributed by atoms with Crippen LogP contribution in [0.5, 0.6) is 0 Å². The summed E-state index contributed by atoms with van der Waals surface area (Å²) in [5, 5.41) is 0. The van der Waals surface area contributed by atoms with Crippen LogP contribution < -0.4 is 4.90 Å². The second-order valence-corrected chi connectivity index (χ2v) is 5.72. The first kappa shape index (κ1) is 17.4. The summed E-state index contributed by atoms with van der Waals surface area (Å²) in [6, 6.07) is 16.0. The van der Waals surface area contributed by atoms with E-state index in [2.05, 4.69) is 29.2 Å². The molecule has 0 N–H and O–H groups in total. The summed E-state index contributed by atoms with van der Waals surface area (Å²) in [6.07, 6.45) is 1.96. The van der Waals surface area contributed by atoms with E-state index in [1.54, 1.807) is 0 Å². The Morgan fingerprint density at radius 1 is 1.13 bits per heavy atom. The van der Waals surface area contributed by atoms with E-state index in [1.807, 2.05) is 31.2 Å². The summed E-state index contributed by atoms with van der Waals surface area (Å²) in [4.78, 5) is 14.3. The number of fused-ring (bicyclic) bond motifs is 1. The van der Waals surface area contributed by atoms with E-state index in [9.17, 15) is 4.79 Å². The lowest BCUT2D eigenvalue weighted by Gasteiger charge is -2.19. The predicted octanol–water partition coefficient (Wildman–Crippen LogP) is 4.03. The van der Waals surface area contributed by atoms with E-state index in [-0.39, 0.29) is 18.4 Å². The number of hydrogen-bond donors (Lipinski definition) is 0. The first-order valence-corrected chi connectivity index (χ1v) is 7.81. The van der Waals surface area contributed by atoms with Gasteiger partial charge in [0.2, 0.25) is 0 Å². The largest absolute Gasteiger partial charge is 0.462 e. The van der Waals surface area contributed by atoms with E-state index in [0.717, 1.165) is 31.5 Å². The molecule has 23 heavy (non-hydrogen) atoms. The lowest BCUT2D eigenvalue weighted by atomic mass is 10.1. The van der Waals surface area contributed by atoms with Crippen LogP contribution in [-0.4, -0.2) is 25.7 Å². The van der Waals surface area contributed by atoms with Gasteiger partial charge >= 0.3 is 5.97 Å². The average Bonchev–Trinajstić information content (AvgIpc) is 2.95. The third-order valence-corrected chi connectivity index (χ3v) is 4.08. The van der Waals surface area contributed by atoms with Gasteiger partial charge in [0.25, 0.3) is 0 Å². The van der Waals surface area contributed by atoms with Crippen molar-refractivity contribution in [3.05, 3.63) is 65.2 Å². The number of hydrogen-bond acceptors (Lipinski definition) is 3. The molecule has 0 saturated heterocycles. The molecule has 1 aliphatic heterocycles. The molecule has 1 aliphatic rings. The van der Waals surface area contributed by atoms with Crippen molar-refractivity contribution in [2.24, 2.45) is 0 Å². The number of aryl methyl sites for hydroxylation is 1. The van der Waals surface area contributed by atoms with Crippen molar-refractivity contribution in [1.29, 1.82) is 0 Å². The van der Waals surface area contributed by atoms with Crippen LogP contribution in [-0.2, 0) is 11.2 Å². The molecular formula is C19H22ClNO2. The molecule has 0 radical (unpaired) electrons.